The highest BCUT2D eigenvalue weighted by molar-refractivity contribution is 7.63. The van der Waals surface area contributed by atoms with Gasteiger partial charge in [-0.2, -0.15) is 0 Å². The van der Waals surface area contributed by atoms with Crippen LogP contribution in [-0.2, 0) is 27.2 Å². The number of benzene rings is 4. The highest BCUT2D eigenvalue weighted by Crippen LogP contribution is 2.57. The molecule has 0 radical (unpaired) electrons. The molecule has 0 spiro atoms. The Morgan fingerprint density at radius 3 is 1.60 bits per heavy atom. The SMILES string of the molecule is CCOP1(=O)OC(C)=C(c2ccccc2)c2ccccc21.CCOP1(=O)OC(c2ccccc2)=C(C)c2ccccc21. The van der Waals surface area contributed by atoms with E-state index in [0.717, 1.165) is 33.4 Å². The monoisotopic (exact) mass is 600 g/mol. The van der Waals surface area contributed by atoms with Crippen LogP contribution in [0, 0.1) is 0 Å². The summed E-state index contributed by atoms with van der Waals surface area (Å²) in [6, 6.07) is 34.8. The zero-order chi connectivity index (χ0) is 29.7. The van der Waals surface area contributed by atoms with Crippen LogP contribution in [0.3, 0.4) is 0 Å². The van der Waals surface area contributed by atoms with Crippen LogP contribution in [0.1, 0.15) is 49.9 Å². The summed E-state index contributed by atoms with van der Waals surface area (Å²) in [6.07, 6.45) is 0. The molecule has 2 aliphatic heterocycles. The first-order valence-electron chi connectivity index (χ1n) is 13.9. The van der Waals surface area contributed by atoms with Crippen molar-refractivity contribution >= 4 is 42.7 Å². The van der Waals surface area contributed by atoms with Crippen molar-refractivity contribution in [3.8, 4) is 0 Å². The van der Waals surface area contributed by atoms with Crippen molar-refractivity contribution in [2.45, 2.75) is 27.7 Å². The van der Waals surface area contributed by atoms with Gasteiger partial charge in [-0.05, 0) is 51.0 Å². The first-order valence-corrected chi connectivity index (χ1v) is 17.0. The van der Waals surface area contributed by atoms with Crippen molar-refractivity contribution < 1.29 is 27.2 Å². The normalized spacial score (nSPS) is 20.9. The third kappa shape index (κ3) is 5.82. The number of hydrogen-bond acceptors (Lipinski definition) is 6. The molecule has 0 aromatic heterocycles. The molecule has 4 aromatic carbocycles. The summed E-state index contributed by atoms with van der Waals surface area (Å²) in [6.45, 7) is 8.14. The molecule has 0 saturated heterocycles. The third-order valence-electron chi connectivity index (χ3n) is 6.93. The van der Waals surface area contributed by atoms with Gasteiger partial charge in [-0.1, -0.05) is 97.1 Å². The first kappa shape index (κ1) is 29.8. The third-order valence-corrected chi connectivity index (χ3v) is 11.0. The molecule has 42 heavy (non-hydrogen) atoms. The predicted octanol–water partition coefficient (Wildman–Crippen LogP) is 8.81. The maximum absolute atomic E-state index is 13.1. The first-order chi connectivity index (χ1) is 20.3. The van der Waals surface area contributed by atoms with Crippen molar-refractivity contribution in [1.29, 1.82) is 0 Å². The average Bonchev–Trinajstić information content (AvgIpc) is 3.01. The molecule has 0 N–H and O–H groups in total. The van der Waals surface area contributed by atoms with E-state index < -0.39 is 15.2 Å². The Morgan fingerprint density at radius 1 is 0.571 bits per heavy atom. The fraction of sp³-hybridized carbons (Fsp3) is 0.176. The second-order valence-corrected chi connectivity index (χ2v) is 13.5. The van der Waals surface area contributed by atoms with Crippen LogP contribution >= 0.6 is 15.2 Å². The molecular weight excluding hydrogens is 566 g/mol. The molecular formula is C34H34O6P2. The summed E-state index contributed by atoms with van der Waals surface area (Å²) < 4.78 is 48.6. The summed E-state index contributed by atoms with van der Waals surface area (Å²) in [7, 11) is -6.60. The molecule has 6 nitrogen and oxygen atoms in total. The van der Waals surface area contributed by atoms with Gasteiger partial charge in [0, 0.05) is 22.3 Å². The fourth-order valence-corrected chi connectivity index (χ4v) is 8.88. The number of allylic oxidation sites excluding steroid dienone is 2. The Balaban J connectivity index is 0.000000168. The lowest BCUT2D eigenvalue weighted by Gasteiger charge is -2.28. The molecule has 0 aliphatic carbocycles. The quantitative estimate of drug-likeness (QED) is 0.206. The minimum absolute atomic E-state index is 0.340. The van der Waals surface area contributed by atoms with Crippen molar-refractivity contribution in [3.05, 3.63) is 137 Å². The summed E-state index contributed by atoms with van der Waals surface area (Å²) in [4.78, 5) is 0. The summed E-state index contributed by atoms with van der Waals surface area (Å²) in [5.74, 6) is 1.27. The molecule has 0 amide bonds. The Bertz CT molecular complexity index is 1730. The summed E-state index contributed by atoms with van der Waals surface area (Å²) >= 11 is 0. The topological polar surface area (TPSA) is 71.1 Å². The number of hydrogen-bond donors (Lipinski definition) is 0. The van der Waals surface area contributed by atoms with Gasteiger partial charge in [0.2, 0.25) is 0 Å². The highest BCUT2D eigenvalue weighted by Gasteiger charge is 2.38. The number of fused-ring (bicyclic) bond motifs is 2. The smallest absolute Gasteiger partial charge is 0.411 e. The Labute approximate surface area is 247 Å². The molecule has 2 aliphatic rings. The highest BCUT2D eigenvalue weighted by atomic mass is 31.2. The second kappa shape index (κ2) is 12.7. The predicted molar refractivity (Wildman–Crippen MR) is 170 cm³/mol. The van der Waals surface area contributed by atoms with Gasteiger partial charge in [0.1, 0.15) is 11.5 Å². The van der Waals surface area contributed by atoms with E-state index in [0.29, 0.717) is 35.3 Å². The lowest BCUT2D eigenvalue weighted by Crippen LogP contribution is -2.20. The van der Waals surface area contributed by atoms with Gasteiger partial charge in [-0.15, -0.1) is 0 Å². The molecule has 2 atom stereocenters. The second-order valence-electron chi connectivity index (χ2n) is 9.66. The standard InChI is InChI=1S/2C17H17O3P/c1-3-19-21(18)16-12-8-7-11-15(16)17(13(2)20-21)14-9-5-4-6-10-14;1-3-19-21(18)16-12-8-7-11-15(16)13(2)17(20-21)14-9-5-4-6-10-14/h2*4-12H,3H2,1-2H3. The van der Waals surface area contributed by atoms with Crippen molar-refractivity contribution in [2.75, 3.05) is 13.2 Å². The average molecular weight is 601 g/mol. The van der Waals surface area contributed by atoms with Crippen LogP contribution in [0.15, 0.2) is 115 Å². The van der Waals surface area contributed by atoms with E-state index >= 15 is 0 Å². The van der Waals surface area contributed by atoms with E-state index in [2.05, 4.69) is 0 Å². The maximum atomic E-state index is 13.1. The number of rotatable bonds is 6. The Morgan fingerprint density at radius 2 is 1.02 bits per heavy atom. The van der Waals surface area contributed by atoms with Crippen molar-refractivity contribution in [2.24, 2.45) is 0 Å². The van der Waals surface area contributed by atoms with Gasteiger partial charge in [0.15, 0.2) is 0 Å². The maximum Gasteiger partial charge on any atom is 0.411 e. The summed E-state index contributed by atoms with van der Waals surface area (Å²) in [5, 5.41) is 1.28. The molecule has 4 aromatic rings. The van der Waals surface area contributed by atoms with E-state index in [9.17, 15) is 9.13 Å². The van der Waals surface area contributed by atoms with Gasteiger partial charge in [-0.3, -0.25) is 9.05 Å². The largest absolute Gasteiger partial charge is 0.425 e. The van der Waals surface area contributed by atoms with Gasteiger partial charge >= 0.3 is 15.2 Å². The minimum atomic E-state index is -3.32. The zero-order valence-corrected chi connectivity index (χ0v) is 25.9. The van der Waals surface area contributed by atoms with Crippen LogP contribution in [0.2, 0.25) is 0 Å². The van der Waals surface area contributed by atoms with E-state index in [1.165, 1.54) is 0 Å². The van der Waals surface area contributed by atoms with Crippen molar-refractivity contribution in [3.63, 3.8) is 0 Å². The van der Waals surface area contributed by atoms with E-state index in [1.807, 2.05) is 137 Å². The Kier molecular flexibility index (Phi) is 9.01. The van der Waals surface area contributed by atoms with Crippen LogP contribution in [0.4, 0.5) is 0 Å². The fourth-order valence-electron chi connectivity index (χ4n) is 5.13. The van der Waals surface area contributed by atoms with Crippen molar-refractivity contribution in [1.82, 2.24) is 0 Å². The molecule has 2 unspecified atom stereocenters. The minimum Gasteiger partial charge on any atom is -0.425 e. The van der Waals surface area contributed by atoms with Gasteiger partial charge in [-0.25, -0.2) is 9.13 Å². The molecule has 2 heterocycles. The van der Waals surface area contributed by atoms with Crippen LogP contribution in [0.25, 0.3) is 16.9 Å². The molecule has 8 heteroatoms. The molecule has 0 saturated carbocycles. The summed E-state index contributed by atoms with van der Waals surface area (Å²) in [5.41, 5.74) is 5.75. The lowest BCUT2D eigenvalue weighted by atomic mass is 9.97. The van der Waals surface area contributed by atoms with Crippen LogP contribution in [0.5, 0.6) is 0 Å². The van der Waals surface area contributed by atoms with Gasteiger partial charge < -0.3 is 9.05 Å². The van der Waals surface area contributed by atoms with E-state index in [4.69, 9.17) is 18.1 Å². The van der Waals surface area contributed by atoms with Crippen LogP contribution < -0.4 is 10.6 Å². The molecule has 0 fully saturated rings. The van der Waals surface area contributed by atoms with E-state index in [-0.39, 0.29) is 0 Å². The molecule has 6 rings (SSSR count). The lowest BCUT2D eigenvalue weighted by molar-refractivity contribution is 0.259. The van der Waals surface area contributed by atoms with Gasteiger partial charge in [0.25, 0.3) is 0 Å². The zero-order valence-electron chi connectivity index (χ0n) is 24.2. The van der Waals surface area contributed by atoms with E-state index in [1.54, 1.807) is 0 Å². The Hall–Kier alpha value is -3.66. The van der Waals surface area contributed by atoms with Gasteiger partial charge in [0.05, 0.1) is 23.8 Å². The van der Waals surface area contributed by atoms with Crippen LogP contribution in [-0.4, -0.2) is 13.2 Å². The molecule has 0 bridgehead atoms. The molecule has 216 valence electrons.